The number of nitrogens with one attached hydrogen (secondary N) is 3. The molecule has 6 nitrogen and oxygen atoms in total. The number of amides is 1. The highest BCUT2D eigenvalue weighted by atomic mass is 32.1. The molecule has 2 rings (SSSR count). The van der Waals surface area contributed by atoms with Crippen molar-refractivity contribution in [1.82, 2.24) is 16.2 Å². The van der Waals surface area contributed by atoms with Crippen LogP contribution in [0.3, 0.4) is 0 Å². The third-order valence-corrected chi connectivity index (χ3v) is 4.91. The molecule has 7 heteroatoms. The van der Waals surface area contributed by atoms with E-state index in [-0.39, 0.29) is 12.5 Å². The minimum atomic E-state index is -0.335. The molecule has 0 saturated heterocycles. The number of benzene rings is 1. The van der Waals surface area contributed by atoms with Gasteiger partial charge in [0.2, 0.25) is 0 Å². The molecule has 0 aliphatic heterocycles. The first-order valence-electron chi connectivity index (χ1n) is 8.48. The van der Waals surface area contributed by atoms with Gasteiger partial charge in [-0.3, -0.25) is 15.6 Å². The second kappa shape index (κ2) is 9.23. The Hall–Kier alpha value is -2.33. The van der Waals surface area contributed by atoms with Crippen LogP contribution in [0.5, 0.6) is 5.75 Å². The van der Waals surface area contributed by atoms with Crippen LogP contribution in [0.4, 0.5) is 0 Å². The highest BCUT2D eigenvalue weighted by Crippen LogP contribution is 2.29. The predicted molar refractivity (Wildman–Crippen MR) is 99.6 cm³/mol. The van der Waals surface area contributed by atoms with E-state index in [0.29, 0.717) is 34.3 Å². The molecule has 134 valence electrons. The number of carbonyl (C=O) groups excluding carboxylic acids is 1. The molecule has 1 aromatic rings. The number of hydrazine groups is 1. The maximum atomic E-state index is 11.8. The van der Waals surface area contributed by atoms with Crippen LogP contribution in [0.2, 0.25) is 0 Å². The zero-order valence-electron chi connectivity index (χ0n) is 14.5. The Kier molecular flexibility index (Phi) is 7.02. The number of hydrogen-bond acceptors (Lipinski definition) is 4. The molecule has 0 spiro atoms. The normalized spacial score (nSPS) is 22.4. The van der Waals surface area contributed by atoms with Gasteiger partial charge < -0.3 is 10.1 Å². The van der Waals surface area contributed by atoms with E-state index in [1.165, 1.54) is 12.8 Å². The van der Waals surface area contributed by atoms with Crippen LogP contribution in [0.25, 0.3) is 0 Å². The van der Waals surface area contributed by atoms with Gasteiger partial charge in [-0.15, -0.1) is 0 Å². The van der Waals surface area contributed by atoms with E-state index in [0.717, 1.165) is 6.42 Å². The Balaban J connectivity index is 1.68. The summed E-state index contributed by atoms with van der Waals surface area (Å²) in [5.41, 5.74) is 5.78. The fraction of sp³-hybridized carbons (Fsp3) is 0.500. The van der Waals surface area contributed by atoms with Crippen LogP contribution >= 0.6 is 12.2 Å². The average molecular weight is 360 g/mol. The topological polar surface area (TPSA) is 86.2 Å². The van der Waals surface area contributed by atoms with Crippen molar-refractivity contribution in [3.63, 3.8) is 0 Å². The van der Waals surface area contributed by atoms with Crippen molar-refractivity contribution in [2.45, 2.75) is 39.2 Å². The van der Waals surface area contributed by atoms with Gasteiger partial charge in [0.25, 0.3) is 5.91 Å². The van der Waals surface area contributed by atoms with Gasteiger partial charge in [0, 0.05) is 6.04 Å². The van der Waals surface area contributed by atoms with Crippen LogP contribution in [-0.2, 0) is 4.79 Å². The average Bonchev–Trinajstić information content (AvgIpc) is 2.62. The number of nitrogens with zero attached hydrogens (tertiary/aromatic N) is 1. The van der Waals surface area contributed by atoms with Gasteiger partial charge in [-0.2, -0.15) is 5.26 Å². The van der Waals surface area contributed by atoms with Gasteiger partial charge in [0.1, 0.15) is 5.75 Å². The maximum absolute atomic E-state index is 11.8. The third-order valence-electron chi connectivity index (χ3n) is 4.69. The second-order valence-electron chi connectivity index (χ2n) is 6.45. The van der Waals surface area contributed by atoms with Crippen LogP contribution in [0, 0.1) is 23.2 Å². The van der Waals surface area contributed by atoms with E-state index in [2.05, 4.69) is 30.0 Å². The first-order chi connectivity index (χ1) is 12.0. The molecule has 3 atom stereocenters. The highest BCUT2D eigenvalue weighted by Gasteiger charge is 2.27. The highest BCUT2D eigenvalue weighted by molar-refractivity contribution is 7.80. The summed E-state index contributed by atoms with van der Waals surface area (Å²) in [4.78, 5) is 11.8. The molecule has 1 saturated carbocycles. The summed E-state index contributed by atoms with van der Waals surface area (Å²) in [5.74, 6) is 1.41. The van der Waals surface area contributed by atoms with Crippen molar-refractivity contribution in [3.8, 4) is 11.8 Å². The van der Waals surface area contributed by atoms with Crippen LogP contribution in [0.15, 0.2) is 24.3 Å². The Labute approximate surface area is 153 Å². The number of carbonyl (C=O) groups is 1. The molecule has 1 fully saturated rings. The molecular weight excluding hydrogens is 336 g/mol. The summed E-state index contributed by atoms with van der Waals surface area (Å²) in [6.07, 6.45) is 3.53. The molecular formula is C18H24N4O2S. The first-order valence-corrected chi connectivity index (χ1v) is 8.88. The fourth-order valence-corrected chi connectivity index (χ4v) is 3.13. The molecule has 1 aliphatic rings. The number of thiocarbonyl (C=S) groups is 1. The zero-order valence-corrected chi connectivity index (χ0v) is 15.4. The minimum absolute atomic E-state index is 0.140. The van der Waals surface area contributed by atoms with Gasteiger partial charge in [0.15, 0.2) is 11.7 Å². The summed E-state index contributed by atoms with van der Waals surface area (Å²) in [5, 5.41) is 12.4. The summed E-state index contributed by atoms with van der Waals surface area (Å²) < 4.78 is 5.36. The standard InChI is InChI=1S/C18H24N4O2S/c1-12-4-3-5-16(13(12)2)20-18(25)22-21-17(23)11-24-15-8-6-14(10-19)7-9-15/h6-9,12-13,16H,3-5,11H2,1-2H3,(H,21,23)(H2,20,22,25)/t12-,13-,16+/m1/s1. The number of hydrogen-bond donors (Lipinski definition) is 3. The van der Waals surface area contributed by atoms with Crippen molar-refractivity contribution >= 4 is 23.2 Å². The molecule has 1 aliphatic carbocycles. The zero-order chi connectivity index (χ0) is 18.2. The van der Waals surface area contributed by atoms with Gasteiger partial charge in [-0.05, 0) is 54.7 Å². The fourth-order valence-electron chi connectivity index (χ4n) is 2.93. The van der Waals surface area contributed by atoms with E-state index in [1.807, 2.05) is 6.07 Å². The van der Waals surface area contributed by atoms with E-state index in [9.17, 15) is 4.79 Å². The lowest BCUT2D eigenvalue weighted by Crippen LogP contribution is -2.53. The lowest BCUT2D eigenvalue weighted by molar-refractivity contribution is -0.123. The SMILES string of the molecule is C[C@@H]1[C@H](C)CCC[C@@H]1NC(=S)NNC(=O)COc1ccc(C#N)cc1. The van der Waals surface area contributed by atoms with Gasteiger partial charge in [0.05, 0.1) is 11.6 Å². The van der Waals surface area contributed by atoms with Crippen molar-refractivity contribution in [3.05, 3.63) is 29.8 Å². The number of rotatable bonds is 4. The van der Waals surface area contributed by atoms with Crippen molar-refractivity contribution in [2.75, 3.05) is 6.61 Å². The van der Waals surface area contributed by atoms with Crippen LogP contribution < -0.4 is 20.9 Å². The molecule has 1 aromatic carbocycles. The van der Waals surface area contributed by atoms with Crippen molar-refractivity contribution in [1.29, 1.82) is 5.26 Å². The molecule has 0 heterocycles. The van der Waals surface area contributed by atoms with E-state index in [1.54, 1.807) is 24.3 Å². The van der Waals surface area contributed by atoms with Gasteiger partial charge in [-0.25, -0.2) is 0 Å². The van der Waals surface area contributed by atoms with E-state index < -0.39 is 0 Å². The second-order valence-corrected chi connectivity index (χ2v) is 6.85. The molecule has 0 radical (unpaired) electrons. The maximum Gasteiger partial charge on any atom is 0.276 e. The van der Waals surface area contributed by atoms with E-state index >= 15 is 0 Å². The Morgan fingerprint density at radius 3 is 2.68 bits per heavy atom. The summed E-state index contributed by atoms with van der Waals surface area (Å²) in [7, 11) is 0. The minimum Gasteiger partial charge on any atom is -0.484 e. The quantitative estimate of drug-likeness (QED) is 0.564. The lowest BCUT2D eigenvalue weighted by Gasteiger charge is -2.35. The third kappa shape index (κ3) is 5.91. The molecule has 25 heavy (non-hydrogen) atoms. The molecule has 0 unspecified atom stereocenters. The predicted octanol–water partition coefficient (Wildman–Crippen LogP) is 2.26. The Morgan fingerprint density at radius 2 is 2.00 bits per heavy atom. The molecule has 0 bridgehead atoms. The summed E-state index contributed by atoms with van der Waals surface area (Å²) >= 11 is 5.24. The molecule has 1 amide bonds. The monoisotopic (exact) mass is 360 g/mol. The number of nitriles is 1. The summed E-state index contributed by atoms with van der Waals surface area (Å²) in [6, 6.07) is 8.93. The lowest BCUT2D eigenvalue weighted by atomic mass is 9.78. The molecule has 0 aromatic heterocycles. The van der Waals surface area contributed by atoms with Crippen molar-refractivity contribution in [2.24, 2.45) is 11.8 Å². The molecule has 3 N–H and O–H groups in total. The van der Waals surface area contributed by atoms with Crippen molar-refractivity contribution < 1.29 is 9.53 Å². The Bertz CT molecular complexity index is 641. The van der Waals surface area contributed by atoms with Gasteiger partial charge >= 0.3 is 0 Å². The Morgan fingerprint density at radius 1 is 1.28 bits per heavy atom. The van der Waals surface area contributed by atoms with E-state index in [4.69, 9.17) is 22.2 Å². The van der Waals surface area contributed by atoms with Crippen LogP contribution in [0.1, 0.15) is 38.7 Å². The number of ether oxygens (including phenoxy) is 1. The van der Waals surface area contributed by atoms with Gasteiger partial charge in [-0.1, -0.05) is 26.7 Å². The first kappa shape index (κ1) is 19.0. The smallest absolute Gasteiger partial charge is 0.276 e. The van der Waals surface area contributed by atoms with Crippen LogP contribution in [-0.4, -0.2) is 23.7 Å². The largest absolute Gasteiger partial charge is 0.484 e. The summed E-state index contributed by atoms with van der Waals surface area (Å²) in [6.45, 7) is 4.35.